The molecule has 0 saturated carbocycles. The molecular weight excluding hydrogens is 284 g/mol. The van der Waals surface area contributed by atoms with Crippen molar-refractivity contribution in [1.82, 2.24) is 9.62 Å². The number of nitrogens with zero attached hydrogens (tertiary/aromatic N) is 2. The predicted molar refractivity (Wildman–Crippen MR) is 73.7 cm³/mol. The van der Waals surface area contributed by atoms with Gasteiger partial charge in [-0.15, -0.1) is 0 Å². The topological polar surface area (TPSA) is 119 Å². The number of nitrogen functional groups attached to an aromatic ring is 1. The molecular formula is C11H16N4O4S. The fourth-order valence-corrected chi connectivity index (χ4v) is 3.48. The summed E-state index contributed by atoms with van der Waals surface area (Å²) in [4.78, 5) is 12.0. The van der Waals surface area contributed by atoms with E-state index in [4.69, 9.17) is 5.73 Å². The quantitative estimate of drug-likeness (QED) is 0.464. The molecule has 1 aromatic rings. The Morgan fingerprint density at radius 1 is 1.50 bits per heavy atom. The molecule has 1 unspecified atom stereocenters. The third-order valence-corrected chi connectivity index (χ3v) is 4.74. The number of anilines is 1. The molecule has 20 heavy (non-hydrogen) atoms. The van der Waals surface area contributed by atoms with E-state index < -0.39 is 14.9 Å². The van der Waals surface area contributed by atoms with Crippen LogP contribution >= 0.6 is 0 Å². The van der Waals surface area contributed by atoms with Gasteiger partial charge in [-0.25, -0.2) is 13.1 Å². The lowest BCUT2D eigenvalue weighted by Gasteiger charge is -2.13. The van der Waals surface area contributed by atoms with Crippen molar-refractivity contribution in [2.45, 2.75) is 17.4 Å². The van der Waals surface area contributed by atoms with Crippen molar-refractivity contribution in [3.8, 4) is 0 Å². The lowest BCUT2D eigenvalue weighted by molar-refractivity contribution is -0.383. The van der Waals surface area contributed by atoms with Crippen LogP contribution in [0.1, 0.15) is 6.42 Å². The van der Waals surface area contributed by atoms with Crippen LogP contribution in [0, 0.1) is 10.1 Å². The fourth-order valence-electron chi connectivity index (χ4n) is 2.18. The number of nitrogens with two attached hydrogens (primary N) is 1. The second kappa shape index (κ2) is 5.35. The smallest absolute Gasteiger partial charge is 0.292 e. The largest absolute Gasteiger partial charge is 0.393 e. The van der Waals surface area contributed by atoms with Gasteiger partial charge < -0.3 is 10.6 Å². The molecule has 1 saturated heterocycles. The van der Waals surface area contributed by atoms with Crippen molar-refractivity contribution in [2.24, 2.45) is 0 Å². The van der Waals surface area contributed by atoms with Gasteiger partial charge in [0.1, 0.15) is 5.69 Å². The van der Waals surface area contributed by atoms with Crippen LogP contribution in [0.15, 0.2) is 23.1 Å². The lowest BCUT2D eigenvalue weighted by atomic mass is 10.3. The third kappa shape index (κ3) is 3.06. The predicted octanol–water partition coefficient (Wildman–Crippen LogP) is 0.159. The van der Waals surface area contributed by atoms with Crippen molar-refractivity contribution < 1.29 is 13.3 Å². The van der Waals surface area contributed by atoms with Crippen LogP contribution in [-0.4, -0.2) is 44.4 Å². The first kappa shape index (κ1) is 14.7. The Balaban J connectivity index is 2.21. The van der Waals surface area contributed by atoms with Gasteiger partial charge in [-0.2, -0.15) is 0 Å². The summed E-state index contributed by atoms with van der Waals surface area (Å²) in [6.07, 6.45) is 0.734. The zero-order valence-corrected chi connectivity index (χ0v) is 11.8. The van der Waals surface area contributed by atoms with Crippen LogP contribution in [0.4, 0.5) is 11.4 Å². The molecule has 1 aliphatic heterocycles. The molecule has 0 aliphatic carbocycles. The third-order valence-electron chi connectivity index (χ3n) is 3.22. The molecule has 110 valence electrons. The van der Waals surface area contributed by atoms with Gasteiger partial charge in [0.25, 0.3) is 5.69 Å². The van der Waals surface area contributed by atoms with Crippen LogP contribution in [0.25, 0.3) is 0 Å². The van der Waals surface area contributed by atoms with E-state index in [0.29, 0.717) is 6.54 Å². The molecule has 0 amide bonds. The number of likely N-dealkylation sites (tertiary alicyclic amines) is 1. The lowest BCUT2D eigenvalue weighted by Crippen LogP contribution is -2.36. The van der Waals surface area contributed by atoms with Gasteiger partial charge in [0.05, 0.1) is 9.82 Å². The number of nitrogens with one attached hydrogen (secondary N) is 1. The molecule has 1 aliphatic rings. The van der Waals surface area contributed by atoms with E-state index in [1.807, 2.05) is 11.9 Å². The maximum absolute atomic E-state index is 12.2. The average molecular weight is 300 g/mol. The van der Waals surface area contributed by atoms with E-state index >= 15 is 0 Å². The Kier molecular flexibility index (Phi) is 3.93. The Morgan fingerprint density at radius 2 is 2.20 bits per heavy atom. The first-order valence-electron chi connectivity index (χ1n) is 6.04. The monoisotopic (exact) mass is 300 g/mol. The normalized spacial score (nSPS) is 20.1. The molecule has 0 bridgehead atoms. The Morgan fingerprint density at radius 3 is 2.70 bits per heavy atom. The van der Waals surface area contributed by atoms with Gasteiger partial charge >= 0.3 is 0 Å². The summed E-state index contributed by atoms with van der Waals surface area (Å²) in [5.74, 6) is 0. The molecule has 2 rings (SSSR count). The highest BCUT2D eigenvalue weighted by atomic mass is 32.2. The molecule has 0 spiro atoms. The molecule has 3 N–H and O–H groups in total. The van der Waals surface area contributed by atoms with Gasteiger partial charge in [0.2, 0.25) is 10.0 Å². The summed E-state index contributed by atoms with van der Waals surface area (Å²) < 4.78 is 26.9. The van der Waals surface area contributed by atoms with Gasteiger partial charge in [0, 0.05) is 18.7 Å². The first-order chi connectivity index (χ1) is 9.29. The van der Waals surface area contributed by atoms with E-state index in [2.05, 4.69) is 4.72 Å². The number of hydrogen-bond acceptors (Lipinski definition) is 6. The van der Waals surface area contributed by atoms with E-state index in [1.54, 1.807) is 0 Å². The zero-order chi connectivity index (χ0) is 14.9. The van der Waals surface area contributed by atoms with E-state index in [0.717, 1.165) is 25.1 Å². The number of hydrogen-bond donors (Lipinski definition) is 2. The number of nitro benzene ring substituents is 1. The van der Waals surface area contributed by atoms with Crippen molar-refractivity contribution in [3.63, 3.8) is 0 Å². The summed E-state index contributed by atoms with van der Waals surface area (Å²) in [5, 5.41) is 10.7. The highest BCUT2D eigenvalue weighted by Crippen LogP contribution is 2.24. The van der Waals surface area contributed by atoms with Crippen LogP contribution < -0.4 is 10.5 Å². The molecule has 0 aromatic heterocycles. The Hall–Kier alpha value is -1.71. The van der Waals surface area contributed by atoms with Gasteiger partial charge in [-0.05, 0) is 32.1 Å². The van der Waals surface area contributed by atoms with Crippen molar-refractivity contribution in [2.75, 3.05) is 25.9 Å². The Labute approximate surface area is 116 Å². The molecule has 1 heterocycles. The molecule has 1 aromatic carbocycles. The van der Waals surface area contributed by atoms with Gasteiger partial charge in [-0.3, -0.25) is 10.1 Å². The standard InChI is InChI=1S/C11H16N4O4S/c1-14-5-4-8(7-14)13-20(18,19)9-2-3-11(15(16)17)10(12)6-9/h2-3,6,8,13H,4-5,7,12H2,1H3. The van der Waals surface area contributed by atoms with Crippen LogP contribution in [-0.2, 0) is 10.0 Å². The number of benzene rings is 1. The summed E-state index contributed by atoms with van der Waals surface area (Å²) in [6.45, 7) is 1.47. The van der Waals surface area contributed by atoms with Crippen LogP contribution in [0.5, 0.6) is 0 Å². The first-order valence-corrected chi connectivity index (χ1v) is 7.53. The van der Waals surface area contributed by atoms with Crippen molar-refractivity contribution >= 4 is 21.4 Å². The highest BCUT2D eigenvalue weighted by molar-refractivity contribution is 7.89. The van der Waals surface area contributed by atoms with E-state index in [-0.39, 0.29) is 22.3 Å². The van der Waals surface area contributed by atoms with Gasteiger partial charge in [-0.1, -0.05) is 0 Å². The maximum Gasteiger partial charge on any atom is 0.292 e. The molecule has 9 heteroatoms. The number of nitro groups is 1. The zero-order valence-electron chi connectivity index (χ0n) is 10.9. The number of sulfonamides is 1. The minimum Gasteiger partial charge on any atom is -0.393 e. The summed E-state index contributed by atoms with van der Waals surface area (Å²) in [6, 6.07) is 3.25. The minimum absolute atomic E-state index is 0.0600. The van der Waals surface area contributed by atoms with Crippen molar-refractivity contribution in [3.05, 3.63) is 28.3 Å². The molecule has 1 atom stereocenters. The van der Waals surface area contributed by atoms with E-state index in [9.17, 15) is 18.5 Å². The Bertz CT molecular complexity index is 631. The maximum atomic E-state index is 12.2. The van der Waals surface area contributed by atoms with Gasteiger partial charge in [0.15, 0.2) is 0 Å². The average Bonchev–Trinajstić information content (AvgIpc) is 2.73. The summed E-state index contributed by atoms with van der Waals surface area (Å²) >= 11 is 0. The van der Waals surface area contributed by atoms with Crippen LogP contribution in [0.2, 0.25) is 0 Å². The molecule has 0 radical (unpaired) electrons. The van der Waals surface area contributed by atoms with Crippen molar-refractivity contribution in [1.29, 1.82) is 0 Å². The molecule has 8 nitrogen and oxygen atoms in total. The summed E-state index contributed by atoms with van der Waals surface area (Å²) in [5.41, 5.74) is 5.04. The summed E-state index contributed by atoms with van der Waals surface area (Å²) in [7, 11) is -1.80. The SMILES string of the molecule is CN1CCC(NS(=O)(=O)c2ccc([N+](=O)[O-])c(N)c2)C1. The second-order valence-corrected chi connectivity index (χ2v) is 6.56. The molecule has 1 fully saturated rings. The number of rotatable bonds is 4. The number of likely N-dealkylation sites (N-methyl/N-ethyl adjacent to an activating group) is 1. The van der Waals surface area contributed by atoms with Crippen LogP contribution in [0.3, 0.4) is 0 Å². The second-order valence-electron chi connectivity index (χ2n) is 4.85. The van der Waals surface area contributed by atoms with E-state index in [1.165, 1.54) is 6.07 Å². The fraction of sp³-hybridized carbons (Fsp3) is 0.455. The minimum atomic E-state index is -3.71. The highest BCUT2D eigenvalue weighted by Gasteiger charge is 2.26.